The molecule has 0 aliphatic heterocycles. The third-order valence-electron chi connectivity index (χ3n) is 4.02. The van der Waals surface area contributed by atoms with Crippen molar-refractivity contribution < 1.29 is 10.4 Å². The maximum absolute atomic E-state index is 8.84. The second kappa shape index (κ2) is 2.72. The Labute approximate surface area is 83.3 Å². The first kappa shape index (κ1) is 9.49. The summed E-state index contributed by atoms with van der Waals surface area (Å²) in [6.45, 7) is 6.22. The zero-order valence-electron chi connectivity index (χ0n) is 8.73. The molecule has 14 heavy (non-hydrogen) atoms. The molecule has 78 valence electrons. The standard InChI is InChI=1S/C10H16N2O2/c1-5(11-13)8-7(12-14)4-6-9(8)10(6,2)3/h6,8-9,13-14H,4H2,1-3H3/b11-5+,12-7+. The average Bonchev–Trinajstić information content (AvgIpc) is 2.57. The second-order valence-corrected chi connectivity index (χ2v) is 4.97. The van der Waals surface area contributed by atoms with Crippen molar-refractivity contribution in [3.8, 4) is 0 Å². The third-order valence-corrected chi connectivity index (χ3v) is 4.02. The summed E-state index contributed by atoms with van der Waals surface area (Å²) in [6, 6.07) is 0. The quantitative estimate of drug-likeness (QED) is 0.382. The summed E-state index contributed by atoms with van der Waals surface area (Å²) in [5, 5.41) is 24.2. The Morgan fingerprint density at radius 2 is 2.07 bits per heavy atom. The van der Waals surface area contributed by atoms with Crippen molar-refractivity contribution in [2.75, 3.05) is 0 Å². The van der Waals surface area contributed by atoms with Gasteiger partial charge in [-0.25, -0.2) is 0 Å². The molecule has 3 atom stereocenters. The molecule has 0 bridgehead atoms. The second-order valence-electron chi connectivity index (χ2n) is 4.97. The van der Waals surface area contributed by atoms with Gasteiger partial charge in [-0.05, 0) is 30.6 Å². The summed E-state index contributed by atoms with van der Waals surface area (Å²) in [6.07, 6.45) is 0.839. The Balaban J connectivity index is 2.28. The van der Waals surface area contributed by atoms with Crippen molar-refractivity contribution in [3.05, 3.63) is 0 Å². The van der Waals surface area contributed by atoms with Gasteiger partial charge in [0.25, 0.3) is 0 Å². The van der Waals surface area contributed by atoms with Crippen molar-refractivity contribution in [2.24, 2.45) is 33.5 Å². The fourth-order valence-electron chi connectivity index (χ4n) is 3.06. The van der Waals surface area contributed by atoms with Gasteiger partial charge in [-0.1, -0.05) is 24.2 Å². The van der Waals surface area contributed by atoms with Gasteiger partial charge in [-0.15, -0.1) is 0 Å². The minimum absolute atomic E-state index is 0.0463. The van der Waals surface area contributed by atoms with Crippen molar-refractivity contribution in [1.82, 2.24) is 0 Å². The van der Waals surface area contributed by atoms with Crippen LogP contribution in [-0.4, -0.2) is 21.8 Å². The minimum atomic E-state index is 0.0463. The predicted octanol–water partition coefficient (Wildman–Crippen LogP) is 1.96. The highest BCUT2D eigenvalue weighted by atomic mass is 16.4. The highest BCUT2D eigenvalue weighted by Crippen LogP contribution is 2.68. The van der Waals surface area contributed by atoms with Gasteiger partial charge in [0.2, 0.25) is 0 Å². The molecule has 2 N–H and O–H groups in total. The van der Waals surface area contributed by atoms with Gasteiger partial charge in [0.1, 0.15) is 0 Å². The van der Waals surface area contributed by atoms with Gasteiger partial charge in [0, 0.05) is 5.92 Å². The molecule has 3 unspecified atom stereocenters. The van der Waals surface area contributed by atoms with Crippen molar-refractivity contribution in [1.29, 1.82) is 0 Å². The lowest BCUT2D eigenvalue weighted by Gasteiger charge is -2.17. The van der Waals surface area contributed by atoms with E-state index in [0.717, 1.165) is 12.1 Å². The van der Waals surface area contributed by atoms with Crippen LogP contribution < -0.4 is 0 Å². The van der Waals surface area contributed by atoms with E-state index in [0.29, 0.717) is 23.0 Å². The van der Waals surface area contributed by atoms with Gasteiger partial charge in [-0.3, -0.25) is 0 Å². The predicted molar refractivity (Wildman–Crippen MR) is 53.0 cm³/mol. The Morgan fingerprint density at radius 3 is 2.57 bits per heavy atom. The largest absolute Gasteiger partial charge is 0.411 e. The Morgan fingerprint density at radius 1 is 1.43 bits per heavy atom. The van der Waals surface area contributed by atoms with E-state index in [1.54, 1.807) is 6.92 Å². The average molecular weight is 196 g/mol. The van der Waals surface area contributed by atoms with Crippen LogP contribution in [0.15, 0.2) is 10.3 Å². The van der Waals surface area contributed by atoms with Crippen LogP contribution in [0.3, 0.4) is 0 Å². The van der Waals surface area contributed by atoms with Crippen LogP contribution in [0.4, 0.5) is 0 Å². The fourth-order valence-corrected chi connectivity index (χ4v) is 3.06. The Bertz CT molecular complexity index is 320. The van der Waals surface area contributed by atoms with Crippen molar-refractivity contribution in [2.45, 2.75) is 27.2 Å². The first-order valence-corrected chi connectivity index (χ1v) is 4.93. The lowest BCUT2D eigenvalue weighted by molar-refractivity contribution is 0.308. The van der Waals surface area contributed by atoms with Crippen LogP contribution in [0.5, 0.6) is 0 Å². The first-order valence-electron chi connectivity index (χ1n) is 4.93. The maximum Gasteiger partial charge on any atom is 0.0665 e. The van der Waals surface area contributed by atoms with E-state index < -0.39 is 0 Å². The molecule has 0 aromatic carbocycles. The highest BCUT2D eigenvalue weighted by molar-refractivity contribution is 6.09. The molecule has 0 radical (unpaired) electrons. The van der Waals surface area contributed by atoms with Crippen LogP contribution in [0, 0.1) is 23.2 Å². The smallest absolute Gasteiger partial charge is 0.0665 e. The highest BCUT2D eigenvalue weighted by Gasteiger charge is 2.67. The molecule has 2 aliphatic rings. The molecule has 0 amide bonds. The molecular weight excluding hydrogens is 180 g/mol. The number of hydrogen-bond acceptors (Lipinski definition) is 4. The monoisotopic (exact) mass is 196 g/mol. The molecule has 2 fully saturated rings. The van der Waals surface area contributed by atoms with Crippen LogP contribution >= 0.6 is 0 Å². The zero-order valence-corrected chi connectivity index (χ0v) is 8.73. The summed E-state index contributed by atoms with van der Waals surface area (Å²) in [5.41, 5.74) is 1.75. The van der Waals surface area contributed by atoms with E-state index in [1.165, 1.54) is 0 Å². The van der Waals surface area contributed by atoms with E-state index in [1.807, 2.05) is 0 Å². The van der Waals surface area contributed by atoms with Gasteiger partial charge in [0.05, 0.1) is 11.4 Å². The molecule has 2 saturated carbocycles. The molecule has 0 heterocycles. The van der Waals surface area contributed by atoms with E-state index >= 15 is 0 Å². The number of oxime groups is 2. The first-order chi connectivity index (χ1) is 6.54. The summed E-state index contributed by atoms with van der Waals surface area (Å²) in [5.74, 6) is 1.13. The number of fused-ring (bicyclic) bond motifs is 1. The van der Waals surface area contributed by atoms with Gasteiger partial charge < -0.3 is 10.4 Å². The van der Waals surface area contributed by atoms with E-state index in [2.05, 4.69) is 24.2 Å². The van der Waals surface area contributed by atoms with Crippen LogP contribution in [0.2, 0.25) is 0 Å². The number of rotatable bonds is 1. The van der Waals surface area contributed by atoms with Crippen LogP contribution in [0.25, 0.3) is 0 Å². The van der Waals surface area contributed by atoms with Gasteiger partial charge in [-0.2, -0.15) is 0 Å². The third kappa shape index (κ3) is 0.996. The molecule has 0 spiro atoms. The summed E-state index contributed by atoms with van der Waals surface area (Å²) >= 11 is 0. The molecule has 0 saturated heterocycles. The van der Waals surface area contributed by atoms with Crippen molar-refractivity contribution in [3.63, 3.8) is 0 Å². The lowest BCUT2D eigenvalue weighted by atomic mass is 9.88. The molecule has 2 rings (SSSR count). The van der Waals surface area contributed by atoms with E-state index in [-0.39, 0.29) is 5.92 Å². The number of nitrogens with zero attached hydrogens (tertiary/aromatic N) is 2. The zero-order chi connectivity index (χ0) is 10.5. The summed E-state index contributed by atoms with van der Waals surface area (Å²) in [4.78, 5) is 0. The topological polar surface area (TPSA) is 65.2 Å². The maximum atomic E-state index is 8.84. The normalized spacial score (nSPS) is 42.6. The molecule has 4 nitrogen and oxygen atoms in total. The molecule has 0 aromatic heterocycles. The fraction of sp³-hybridized carbons (Fsp3) is 0.800. The Hall–Kier alpha value is -1.06. The minimum Gasteiger partial charge on any atom is -0.411 e. The van der Waals surface area contributed by atoms with E-state index in [9.17, 15) is 0 Å². The molecule has 0 aromatic rings. The molecule has 4 heteroatoms. The number of hydrogen-bond donors (Lipinski definition) is 2. The van der Waals surface area contributed by atoms with Crippen molar-refractivity contribution >= 4 is 11.4 Å². The molecule has 2 aliphatic carbocycles. The Kier molecular flexibility index (Phi) is 1.84. The molecular formula is C10H16N2O2. The lowest BCUT2D eigenvalue weighted by Crippen LogP contribution is -2.24. The SMILES string of the molecule is C/C(=N\O)C1/C(=N/O)CC2C1C2(C)C. The van der Waals surface area contributed by atoms with Gasteiger partial charge in [0.15, 0.2) is 0 Å². The van der Waals surface area contributed by atoms with Crippen LogP contribution in [0.1, 0.15) is 27.2 Å². The van der Waals surface area contributed by atoms with Gasteiger partial charge >= 0.3 is 0 Å². The van der Waals surface area contributed by atoms with E-state index in [4.69, 9.17) is 10.4 Å². The van der Waals surface area contributed by atoms with Crippen LogP contribution in [-0.2, 0) is 0 Å². The summed E-state index contributed by atoms with van der Waals surface area (Å²) < 4.78 is 0. The summed E-state index contributed by atoms with van der Waals surface area (Å²) in [7, 11) is 0.